The first kappa shape index (κ1) is 24.9. The molecule has 1 heterocycles. The highest BCUT2D eigenvalue weighted by Gasteiger charge is 2.31. The zero-order valence-corrected chi connectivity index (χ0v) is 18.9. The summed E-state index contributed by atoms with van der Waals surface area (Å²) < 4.78 is 40.5. The van der Waals surface area contributed by atoms with Crippen LogP contribution < -0.4 is 20.7 Å². The third kappa shape index (κ3) is 8.60. The van der Waals surface area contributed by atoms with Crippen LogP contribution in [0.1, 0.15) is 48.2 Å². The van der Waals surface area contributed by atoms with E-state index in [1.807, 2.05) is 5.38 Å². The van der Waals surface area contributed by atoms with Crippen molar-refractivity contribution in [2.75, 3.05) is 18.4 Å². The third-order valence-corrected chi connectivity index (χ3v) is 6.37. The second-order valence-electron chi connectivity index (χ2n) is 8.03. The Morgan fingerprint density at radius 2 is 1.79 bits per heavy atom. The lowest BCUT2D eigenvalue weighted by atomic mass is 9.84. The lowest BCUT2D eigenvalue weighted by Crippen LogP contribution is -2.48. The predicted octanol–water partition coefficient (Wildman–Crippen LogP) is 4.94. The molecule has 33 heavy (non-hydrogen) atoms. The zero-order valence-electron chi connectivity index (χ0n) is 18.1. The van der Waals surface area contributed by atoms with Gasteiger partial charge in [0.2, 0.25) is 5.91 Å². The number of benzene rings is 1. The molecule has 1 fully saturated rings. The second-order valence-corrected chi connectivity index (χ2v) is 8.98. The molecule has 1 saturated carbocycles. The Kier molecular flexibility index (Phi) is 8.99. The molecule has 0 bridgehead atoms. The van der Waals surface area contributed by atoms with Gasteiger partial charge in [0.15, 0.2) is 0 Å². The van der Waals surface area contributed by atoms with E-state index in [0.717, 1.165) is 25.7 Å². The summed E-state index contributed by atoms with van der Waals surface area (Å²) in [4.78, 5) is 25.9. The van der Waals surface area contributed by atoms with Crippen molar-refractivity contribution >= 4 is 28.8 Å². The van der Waals surface area contributed by atoms with E-state index in [-0.39, 0.29) is 17.6 Å². The van der Waals surface area contributed by atoms with Crippen molar-refractivity contribution in [3.63, 3.8) is 0 Å². The largest absolute Gasteiger partial charge is 0.573 e. The van der Waals surface area contributed by atoms with Gasteiger partial charge in [0.25, 0.3) is 5.91 Å². The first-order chi connectivity index (χ1) is 15.8. The topological polar surface area (TPSA) is 79.5 Å². The fourth-order valence-electron chi connectivity index (χ4n) is 3.92. The molecular weight excluding hydrogens is 455 g/mol. The standard InChI is InChI=1S/C23H28F3N3O3S/c24-23(25,26)32-18-10-8-17(9-11-18)27-12-13-28-21(30)19(15-16-5-2-1-3-6-16)29-22(31)20-7-4-14-33-20/h4,7-11,14,16,19,27H,1-3,5-6,12-13,15H2,(H,28,30)(H,29,31)/t19-/m0/s1. The van der Waals surface area contributed by atoms with E-state index in [9.17, 15) is 22.8 Å². The van der Waals surface area contributed by atoms with Crippen molar-refractivity contribution in [3.8, 4) is 5.75 Å². The van der Waals surface area contributed by atoms with Crippen LogP contribution in [0.3, 0.4) is 0 Å². The van der Waals surface area contributed by atoms with Gasteiger partial charge in [-0.25, -0.2) is 0 Å². The number of rotatable bonds is 10. The normalized spacial score (nSPS) is 15.5. The maximum Gasteiger partial charge on any atom is 0.573 e. The molecule has 2 aromatic rings. The van der Waals surface area contributed by atoms with Crippen LogP contribution in [0.5, 0.6) is 5.75 Å². The summed E-state index contributed by atoms with van der Waals surface area (Å²) in [7, 11) is 0. The SMILES string of the molecule is O=C(N[C@@H](CC1CCCCC1)C(=O)NCCNc1ccc(OC(F)(F)F)cc1)c1cccs1. The van der Waals surface area contributed by atoms with Crippen LogP contribution >= 0.6 is 11.3 Å². The van der Waals surface area contributed by atoms with Crippen molar-refractivity contribution in [2.45, 2.75) is 50.9 Å². The molecule has 0 spiro atoms. The molecule has 1 aliphatic rings. The molecule has 1 aromatic carbocycles. The van der Waals surface area contributed by atoms with Crippen molar-refractivity contribution in [1.29, 1.82) is 0 Å². The molecule has 0 saturated heterocycles. The summed E-state index contributed by atoms with van der Waals surface area (Å²) in [5.41, 5.74) is 0.600. The van der Waals surface area contributed by atoms with E-state index in [1.165, 1.54) is 42.0 Å². The minimum Gasteiger partial charge on any atom is -0.406 e. The van der Waals surface area contributed by atoms with E-state index in [2.05, 4.69) is 20.7 Å². The summed E-state index contributed by atoms with van der Waals surface area (Å²) >= 11 is 1.33. The number of hydrogen-bond acceptors (Lipinski definition) is 5. The average Bonchev–Trinajstić information content (AvgIpc) is 3.32. The number of hydrogen-bond donors (Lipinski definition) is 3. The maximum absolute atomic E-state index is 12.8. The minimum atomic E-state index is -4.73. The van der Waals surface area contributed by atoms with Crippen LogP contribution in [0, 0.1) is 5.92 Å². The lowest BCUT2D eigenvalue weighted by Gasteiger charge is -2.26. The summed E-state index contributed by atoms with van der Waals surface area (Å²) in [6, 6.07) is 8.28. The Labute approximate surface area is 194 Å². The zero-order chi connectivity index (χ0) is 23.7. The maximum atomic E-state index is 12.8. The number of thiophene rings is 1. The molecule has 3 rings (SSSR count). The van der Waals surface area contributed by atoms with Crippen LogP contribution in [-0.2, 0) is 4.79 Å². The van der Waals surface area contributed by atoms with Crippen molar-refractivity contribution < 1.29 is 27.5 Å². The van der Waals surface area contributed by atoms with Crippen molar-refractivity contribution in [2.24, 2.45) is 5.92 Å². The molecule has 2 amide bonds. The van der Waals surface area contributed by atoms with Gasteiger partial charge in [0.1, 0.15) is 11.8 Å². The van der Waals surface area contributed by atoms with Crippen LogP contribution in [0.4, 0.5) is 18.9 Å². The number of nitrogens with one attached hydrogen (secondary N) is 3. The molecule has 6 nitrogen and oxygen atoms in total. The highest BCUT2D eigenvalue weighted by atomic mass is 32.1. The monoisotopic (exact) mass is 483 g/mol. The van der Waals surface area contributed by atoms with E-state index < -0.39 is 12.4 Å². The van der Waals surface area contributed by atoms with Gasteiger partial charge in [-0.2, -0.15) is 0 Å². The van der Waals surface area contributed by atoms with Gasteiger partial charge >= 0.3 is 6.36 Å². The Balaban J connectivity index is 1.48. The van der Waals surface area contributed by atoms with E-state index in [1.54, 1.807) is 12.1 Å². The number of amides is 2. The second kappa shape index (κ2) is 11.9. The number of alkyl halides is 3. The Bertz CT molecular complexity index is 883. The molecule has 0 unspecified atom stereocenters. The van der Waals surface area contributed by atoms with Crippen LogP contribution in [0.2, 0.25) is 0 Å². The average molecular weight is 484 g/mol. The van der Waals surface area contributed by atoms with Gasteiger partial charge in [-0.1, -0.05) is 38.2 Å². The number of ether oxygens (including phenoxy) is 1. The van der Waals surface area contributed by atoms with Crippen molar-refractivity contribution in [3.05, 3.63) is 46.7 Å². The van der Waals surface area contributed by atoms with E-state index >= 15 is 0 Å². The Morgan fingerprint density at radius 1 is 1.06 bits per heavy atom. The number of anilines is 1. The highest BCUT2D eigenvalue weighted by Crippen LogP contribution is 2.28. The van der Waals surface area contributed by atoms with Crippen LogP contribution in [0.15, 0.2) is 41.8 Å². The predicted molar refractivity (Wildman–Crippen MR) is 121 cm³/mol. The molecule has 1 aromatic heterocycles. The van der Waals surface area contributed by atoms with Crippen LogP contribution in [0.25, 0.3) is 0 Å². The fourth-order valence-corrected chi connectivity index (χ4v) is 4.54. The molecular formula is C23H28F3N3O3S. The molecule has 0 aliphatic heterocycles. The lowest BCUT2D eigenvalue weighted by molar-refractivity contribution is -0.274. The van der Waals surface area contributed by atoms with E-state index in [0.29, 0.717) is 36.0 Å². The molecule has 180 valence electrons. The van der Waals surface area contributed by atoms with Gasteiger partial charge in [-0.15, -0.1) is 24.5 Å². The summed E-state index contributed by atoms with van der Waals surface area (Å²) in [5, 5.41) is 10.6. The van der Waals surface area contributed by atoms with Crippen molar-refractivity contribution in [1.82, 2.24) is 10.6 Å². The molecule has 10 heteroatoms. The van der Waals surface area contributed by atoms with Gasteiger partial charge in [0.05, 0.1) is 4.88 Å². The fraction of sp³-hybridized carbons (Fsp3) is 0.478. The van der Waals surface area contributed by atoms with Gasteiger partial charge in [-0.3, -0.25) is 9.59 Å². The molecule has 1 aliphatic carbocycles. The first-order valence-electron chi connectivity index (χ1n) is 11.0. The first-order valence-corrected chi connectivity index (χ1v) is 11.9. The quantitative estimate of drug-likeness (QED) is 0.418. The summed E-state index contributed by atoms with van der Waals surface area (Å²) in [6.45, 7) is 0.676. The highest BCUT2D eigenvalue weighted by molar-refractivity contribution is 7.12. The Morgan fingerprint density at radius 3 is 2.42 bits per heavy atom. The molecule has 3 N–H and O–H groups in total. The number of carbonyl (C=O) groups is 2. The molecule has 0 radical (unpaired) electrons. The van der Waals surface area contributed by atoms with Gasteiger partial charge < -0.3 is 20.7 Å². The van der Waals surface area contributed by atoms with E-state index in [4.69, 9.17) is 0 Å². The Hall–Kier alpha value is -2.75. The van der Waals surface area contributed by atoms with Crippen LogP contribution in [-0.4, -0.2) is 37.3 Å². The summed E-state index contributed by atoms with van der Waals surface area (Å²) in [5.74, 6) is -0.372. The summed E-state index contributed by atoms with van der Waals surface area (Å²) in [6.07, 6.45) is 1.51. The molecule has 1 atom stereocenters. The van der Waals surface area contributed by atoms with Gasteiger partial charge in [-0.05, 0) is 48.1 Å². The smallest absolute Gasteiger partial charge is 0.406 e. The minimum absolute atomic E-state index is 0.235. The number of halogens is 3. The third-order valence-electron chi connectivity index (χ3n) is 5.50. The van der Waals surface area contributed by atoms with Gasteiger partial charge in [0, 0.05) is 18.8 Å². The number of carbonyl (C=O) groups excluding carboxylic acids is 2.